The molecule has 0 bridgehead atoms. The van der Waals surface area contributed by atoms with Crippen molar-refractivity contribution in [3.8, 4) is 0 Å². The molecule has 5 heteroatoms. The standard InChI is InChI=1S/C7H10BrNO3/c1-12-7(11)9-3-2-5(8)6(10)4-9/h5H,2-4H2,1H3. The molecule has 1 amide bonds. The highest BCUT2D eigenvalue weighted by molar-refractivity contribution is 9.10. The Morgan fingerprint density at radius 2 is 2.42 bits per heavy atom. The lowest BCUT2D eigenvalue weighted by molar-refractivity contribution is -0.120. The van der Waals surface area contributed by atoms with Gasteiger partial charge >= 0.3 is 6.09 Å². The highest BCUT2D eigenvalue weighted by atomic mass is 79.9. The van der Waals surface area contributed by atoms with Gasteiger partial charge in [0.1, 0.15) is 0 Å². The maximum Gasteiger partial charge on any atom is 0.409 e. The largest absolute Gasteiger partial charge is 0.453 e. The van der Waals surface area contributed by atoms with Crippen LogP contribution < -0.4 is 0 Å². The number of ketones is 1. The minimum atomic E-state index is -0.428. The monoisotopic (exact) mass is 235 g/mol. The third-order valence-electron chi connectivity index (χ3n) is 1.78. The Morgan fingerprint density at radius 1 is 1.75 bits per heavy atom. The number of ether oxygens (including phenoxy) is 1. The average molecular weight is 236 g/mol. The Labute approximate surface area is 79.0 Å². The van der Waals surface area contributed by atoms with E-state index in [-0.39, 0.29) is 17.2 Å². The summed E-state index contributed by atoms with van der Waals surface area (Å²) in [7, 11) is 1.31. The molecule has 1 aliphatic rings. The molecule has 4 nitrogen and oxygen atoms in total. The average Bonchev–Trinajstić information content (AvgIpc) is 2.08. The molecule has 0 N–H and O–H groups in total. The predicted molar refractivity (Wildman–Crippen MR) is 46.3 cm³/mol. The fourth-order valence-electron chi connectivity index (χ4n) is 1.08. The lowest BCUT2D eigenvalue weighted by atomic mass is 10.1. The molecule has 0 saturated carbocycles. The smallest absolute Gasteiger partial charge is 0.409 e. The molecule has 0 spiro atoms. The van der Waals surface area contributed by atoms with Crippen LogP contribution in [0.25, 0.3) is 0 Å². The SMILES string of the molecule is COC(=O)N1CCC(Br)C(=O)C1. The normalized spacial score (nSPS) is 24.0. The second-order valence-corrected chi connectivity index (χ2v) is 3.72. The number of amides is 1. The molecule has 0 aromatic carbocycles. The summed E-state index contributed by atoms with van der Waals surface area (Å²) in [5, 5.41) is 0. The van der Waals surface area contributed by atoms with Gasteiger partial charge in [-0.05, 0) is 6.42 Å². The Bertz CT molecular complexity index is 205. The molecule has 0 aliphatic carbocycles. The number of hydrogen-bond acceptors (Lipinski definition) is 3. The first-order chi connectivity index (χ1) is 5.65. The van der Waals surface area contributed by atoms with E-state index in [2.05, 4.69) is 20.7 Å². The van der Waals surface area contributed by atoms with Crippen LogP contribution in [0.2, 0.25) is 0 Å². The van der Waals surface area contributed by atoms with Crippen LogP contribution in [0.5, 0.6) is 0 Å². The maximum absolute atomic E-state index is 11.1. The van der Waals surface area contributed by atoms with Crippen LogP contribution in [0.3, 0.4) is 0 Å². The van der Waals surface area contributed by atoms with Crippen molar-refractivity contribution in [1.29, 1.82) is 0 Å². The predicted octanol–water partition coefficient (Wildman–Crippen LogP) is 0.791. The van der Waals surface area contributed by atoms with Crippen LogP contribution in [-0.2, 0) is 9.53 Å². The molecule has 0 radical (unpaired) electrons. The minimum Gasteiger partial charge on any atom is -0.453 e. The van der Waals surface area contributed by atoms with E-state index in [4.69, 9.17) is 0 Å². The number of carbonyl (C=O) groups excluding carboxylic acids is 2. The van der Waals surface area contributed by atoms with Gasteiger partial charge in [0, 0.05) is 6.54 Å². The molecule has 1 fully saturated rings. The van der Waals surface area contributed by atoms with Gasteiger partial charge in [0.15, 0.2) is 5.78 Å². The van der Waals surface area contributed by atoms with Gasteiger partial charge in [-0.15, -0.1) is 0 Å². The zero-order chi connectivity index (χ0) is 9.14. The molecule has 1 saturated heterocycles. The first-order valence-electron chi connectivity index (χ1n) is 3.65. The first-order valence-corrected chi connectivity index (χ1v) is 4.56. The summed E-state index contributed by atoms with van der Waals surface area (Å²) in [5.41, 5.74) is 0. The summed E-state index contributed by atoms with van der Waals surface area (Å²) in [6, 6.07) is 0. The Kier molecular flexibility index (Phi) is 3.08. The van der Waals surface area contributed by atoms with Gasteiger partial charge in [-0.1, -0.05) is 15.9 Å². The second-order valence-electron chi connectivity index (χ2n) is 2.61. The number of piperidine rings is 1. The number of methoxy groups -OCH3 is 1. The molecule has 0 aromatic rings. The van der Waals surface area contributed by atoms with E-state index >= 15 is 0 Å². The first kappa shape index (κ1) is 9.51. The van der Waals surface area contributed by atoms with Crippen LogP contribution in [0.1, 0.15) is 6.42 Å². The summed E-state index contributed by atoms with van der Waals surface area (Å²) >= 11 is 3.22. The van der Waals surface area contributed by atoms with Crippen molar-refractivity contribution in [2.45, 2.75) is 11.2 Å². The highest BCUT2D eigenvalue weighted by Gasteiger charge is 2.27. The van der Waals surface area contributed by atoms with Gasteiger partial charge in [0.25, 0.3) is 0 Å². The Morgan fingerprint density at radius 3 is 2.92 bits per heavy atom. The lowest BCUT2D eigenvalue weighted by Crippen LogP contribution is -2.44. The molecule has 1 unspecified atom stereocenters. The zero-order valence-electron chi connectivity index (χ0n) is 6.75. The molecular weight excluding hydrogens is 226 g/mol. The van der Waals surface area contributed by atoms with E-state index in [0.717, 1.165) is 0 Å². The van der Waals surface area contributed by atoms with Gasteiger partial charge < -0.3 is 9.64 Å². The van der Waals surface area contributed by atoms with Crippen LogP contribution in [-0.4, -0.2) is 41.8 Å². The number of carbonyl (C=O) groups is 2. The van der Waals surface area contributed by atoms with Crippen molar-refractivity contribution in [3.63, 3.8) is 0 Å². The topological polar surface area (TPSA) is 46.6 Å². The van der Waals surface area contributed by atoms with E-state index in [1.165, 1.54) is 12.0 Å². The van der Waals surface area contributed by atoms with Crippen LogP contribution in [0.15, 0.2) is 0 Å². The van der Waals surface area contributed by atoms with Crippen molar-refractivity contribution >= 4 is 27.8 Å². The van der Waals surface area contributed by atoms with Gasteiger partial charge in [-0.2, -0.15) is 0 Å². The molecule has 0 aromatic heterocycles. The molecule has 1 aliphatic heterocycles. The quantitative estimate of drug-likeness (QED) is 0.584. The van der Waals surface area contributed by atoms with E-state index in [0.29, 0.717) is 13.0 Å². The van der Waals surface area contributed by atoms with Gasteiger partial charge in [-0.3, -0.25) is 4.79 Å². The molecule has 12 heavy (non-hydrogen) atoms. The number of rotatable bonds is 0. The fourth-order valence-corrected chi connectivity index (χ4v) is 1.43. The summed E-state index contributed by atoms with van der Waals surface area (Å²) < 4.78 is 4.49. The van der Waals surface area contributed by atoms with Gasteiger partial charge in [0.2, 0.25) is 0 Å². The van der Waals surface area contributed by atoms with Crippen molar-refractivity contribution in [1.82, 2.24) is 4.90 Å². The summed E-state index contributed by atoms with van der Waals surface area (Å²) in [5.74, 6) is 0.0339. The van der Waals surface area contributed by atoms with Crippen molar-refractivity contribution < 1.29 is 14.3 Å². The molecule has 1 atom stereocenters. The van der Waals surface area contributed by atoms with E-state index in [1.807, 2.05) is 0 Å². The fraction of sp³-hybridized carbons (Fsp3) is 0.714. The van der Waals surface area contributed by atoms with Crippen LogP contribution in [0.4, 0.5) is 4.79 Å². The third kappa shape index (κ3) is 1.97. The third-order valence-corrected chi connectivity index (χ3v) is 2.75. The van der Waals surface area contributed by atoms with Gasteiger partial charge in [0.05, 0.1) is 18.5 Å². The Hall–Kier alpha value is -0.580. The Balaban J connectivity index is 2.51. The van der Waals surface area contributed by atoms with E-state index < -0.39 is 6.09 Å². The molecular formula is C7H10BrNO3. The minimum absolute atomic E-state index is 0.0339. The van der Waals surface area contributed by atoms with E-state index in [1.54, 1.807) is 0 Å². The van der Waals surface area contributed by atoms with Crippen LogP contribution in [0, 0.1) is 0 Å². The summed E-state index contributed by atoms with van der Waals surface area (Å²) in [4.78, 5) is 23.4. The summed E-state index contributed by atoms with van der Waals surface area (Å²) in [6.07, 6.45) is 0.233. The number of halogens is 1. The molecule has 1 rings (SSSR count). The number of nitrogens with zero attached hydrogens (tertiary/aromatic N) is 1. The summed E-state index contributed by atoms with van der Waals surface area (Å²) in [6.45, 7) is 0.733. The highest BCUT2D eigenvalue weighted by Crippen LogP contribution is 2.14. The number of likely N-dealkylation sites (tertiary alicyclic amines) is 1. The number of alkyl halides is 1. The lowest BCUT2D eigenvalue weighted by Gasteiger charge is -2.26. The molecule has 1 heterocycles. The number of hydrogen-bond donors (Lipinski definition) is 0. The van der Waals surface area contributed by atoms with Gasteiger partial charge in [-0.25, -0.2) is 4.79 Å². The van der Waals surface area contributed by atoms with Crippen LogP contribution >= 0.6 is 15.9 Å². The second kappa shape index (κ2) is 3.89. The zero-order valence-corrected chi connectivity index (χ0v) is 8.33. The number of Topliss-reactive ketones (excluding diaryl/α,β-unsaturated/α-hetero) is 1. The molecule has 68 valence electrons. The van der Waals surface area contributed by atoms with Crippen molar-refractivity contribution in [2.75, 3.05) is 20.2 Å². The van der Waals surface area contributed by atoms with Crippen molar-refractivity contribution in [3.05, 3.63) is 0 Å². The van der Waals surface area contributed by atoms with E-state index in [9.17, 15) is 9.59 Å². The maximum atomic E-state index is 11.1. The van der Waals surface area contributed by atoms with Crippen molar-refractivity contribution in [2.24, 2.45) is 0 Å².